The molecular formula is C19H24N4O3. The molecular weight excluding hydrogens is 332 g/mol. The molecule has 2 heterocycles. The number of rotatable bonds is 6. The van der Waals surface area contributed by atoms with Crippen LogP contribution < -0.4 is 5.32 Å². The molecule has 3 rings (SSSR count). The highest BCUT2D eigenvalue weighted by atomic mass is 16.5. The van der Waals surface area contributed by atoms with Crippen LogP contribution in [0, 0.1) is 0 Å². The molecule has 0 unspecified atom stereocenters. The number of aromatic nitrogens is 2. The normalized spacial score (nSPS) is 14.3. The van der Waals surface area contributed by atoms with E-state index in [0.29, 0.717) is 50.5 Å². The maximum Gasteiger partial charge on any atom is 0.254 e. The van der Waals surface area contributed by atoms with Crippen LogP contribution in [0.1, 0.15) is 33.5 Å². The van der Waals surface area contributed by atoms with Crippen LogP contribution >= 0.6 is 0 Å². The third-order valence-electron chi connectivity index (χ3n) is 4.45. The highest BCUT2D eigenvalue weighted by Gasteiger charge is 2.18. The first-order valence-electron chi connectivity index (χ1n) is 8.94. The lowest BCUT2D eigenvalue weighted by atomic mass is 10.1. The summed E-state index contributed by atoms with van der Waals surface area (Å²) in [7, 11) is 0. The predicted molar refractivity (Wildman–Crippen MR) is 97.1 cm³/mol. The molecule has 0 saturated carbocycles. The number of morpholine rings is 1. The van der Waals surface area contributed by atoms with E-state index in [9.17, 15) is 9.59 Å². The quantitative estimate of drug-likeness (QED) is 0.848. The van der Waals surface area contributed by atoms with Crippen LogP contribution in [0.2, 0.25) is 0 Å². The van der Waals surface area contributed by atoms with Crippen LogP contribution in [-0.2, 0) is 17.7 Å². The summed E-state index contributed by atoms with van der Waals surface area (Å²) in [5.41, 5.74) is 1.14. The van der Waals surface area contributed by atoms with Gasteiger partial charge in [-0.25, -0.2) is 4.98 Å². The number of amides is 2. The van der Waals surface area contributed by atoms with E-state index >= 15 is 0 Å². The van der Waals surface area contributed by atoms with Gasteiger partial charge in [-0.15, -0.1) is 0 Å². The Morgan fingerprint density at radius 3 is 2.54 bits per heavy atom. The van der Waals surface area contributed by atoms with Gasteiger partial charge in [0.15, 0.2) is 0 Å². The Morgan fingerprint density at radius 2 is 1.85 bits per heavy atom. The lowest BCUT2D eigenvalue weighted by Gasteiger charge is -2.26. The van der Waals surface area contributed by atoms with Crippen LogP contribution in [0.25, 0.3) is 0 Å². The van der Waals surface area contributed by atoms with Crippen molar-refractivity contribution in [2.24, 2.45) is 0 Å². The molecule has 138 valence electrons. The average Bonchev–Trinajstić information content (AvgIpc) is 3.15. The lowest BCUT2D eigenvalue weighted by molar-refractivity contribution is 0.0303. The van der Waals surface area contributed by atoms with Gasteiger partial charge in [-0.05, 0) is 24.3 Å². The monoisotopic (exact) mass is 356 g/mol. The number of aryl methyl sites for hydroxylation is 1. The van der Waals surface area contributed by atoms with E-state index in [4.69, 9.17) is 4.74 Å². The number of hydrogen-bond donors (Lipinski definition) is 1. The van der Waals surface area contributed by atoms with E-state index < -0.39 is 0 Å². The van der Waals surface area contributed by atoms with Gasteiger partial charge in [0.2, 0.25) is 0 Å². The fourth-order valence-corrected chi connectivity index (χ4v) is 2.96. The Hall–Kier alpha value is -2.67. The van der Waals surface area contributed by atoms with Crippen molar-refractivity contribution in [1.29, 1.82) is 0 Å². The van der Waals surface area contributed by atoms with Crippen LogP contribution in [0.5, 0.6) is 0 Å². The fourth-order valence-electron chi connectivity index (χ4n) is 2.96. The van der Waals surface area contributed by atoms with Gasteiger partial charge in [0.25, 0.3) is 11.8 Å². The number of imidazole rings is 1. The van der Waals surface area contributed by atoms with Crippen LogP contribution in [0.15, 0.2) is 36.7 Å². The second kappa shape index (κ2) is 8.62. The van der Waals surface area contributed by atoms with Crippen molar-refractivity contribution in [3.8, 4) is 0 Å². The predicted octanol–water partition coefficient (Wildman–Crippen LogP) is 1.35. The number of hydrogen-bond acceptors (Lipinski definition) is 4. The number of carbonyl (C=O) groups is 2. The van der Waals surface area contributed by atoms with Gasteiger partial charge in [0, 0.05) is 56.1 Å². The summed E-state index contributed by atoms with van der Waals surface area (Å²) in [5, 5.41) is 2.90. The standard InChI is InChI=1S/C19H24N4O3/c1-2-17-20-7-9-22(17)10-8-21-18(24)15-3-5-16(6-4-15)19(25)23-11-13-26-14-12-23/h3-7,9H,2,8,10-14H2,1H3,(H,21,24). The van der Waals surface area contributed by atoms with Crippen molar-refractivity contribution in [3.05, 3.63) is 53.6 Å². The minimum Gasteiger partial charge on any atom is -0.378 e. The maximum atomic E-state index is 12.4. The fraction of sp³-hybridized carbons (Fsp3) is 0.421. The number of benzene rings is 1. The van der Waals surface area contributed by atoms with Crippen LogP contribution in [-0.4, -0.2) is 59.1 Å². The van der Waals surface area contributed by atoms with Gasteiger partial charge >= 0.3 is 0 Å². The van der Waals surface area contributed by atoms with Crippen LogP contribution in [0.3, 0.4) is 0 Å². The third kappa shape index (κ3) is 4.29. The third-order valence-corrected chi connectivity index (χ3v) is 4.45. The molecule has 1 fully saturated rings. The molecule has 2 amide bonds. The maximum absolute atomic E-state index is 12.4. The summed E-state index contributed by atoms with van der Waals surface area (Å²) in [6, 6.07) is 6.80. The molecule has 0 aliphatic carbocycles. The molecule has 1 aromatic heterocycles. The van der Waals surface area contributed by atoms with Gasteiger partial charge in [0.05, 0.1) is 13.2 Å². The van der Waals surface area contributed by atoms with Crippen molar-refractivity contribution >= 4 is 11.8 Å². The van der Waals surface area contributed by atoms with E-state index in [1.807, 2.05) is 10.8 Å². The summed E-state index contributed by atoms with van der Waals surface area (Å²) in [4.78, 5) is 30.7. The topological polar surface area (TPSA) is 76.5 Å². The van der Waals surface area contributed by atoms with Crippen molar-refractivity contribution in [2.75, 3.05) is 32.8 Å². The van der Waals surface area contributed by atoms with Crippen LogP contribution in [0.4, 0.5) is 0 Å². The second-order valence-corrected chi connectivity index (χ2v) is 6.13. The van der Waals surface area contributed by atoms with Gasteiger partial charge in [0.1, 0.15) is 5.82 Å². The minimum absolute atomic E-state index is 0.0209. The van der Waals surface area contributed by atoms with E-state index in [1.165, 1.54) is 0 Å². The Kier molecular flexibility index (Phi) is 6.01. The summed E-state index contributed by atoms with van der Waals surface area (Å²) in [5.74, 6) is 0.839. The first-order valence-corrected chi connectivity index (χ1v) is 8.94. The minimum atomic E-state index is -0.145. The summed E-state index contributed by atoms with van der Waals surface area (Å²) < 4.78 is 7.29. The van der Waals surface area contributed by atoms with Crippen molar-refractivity contribution < 1.29 is 14.3 Å². The number of carbonyl (C=O) groups excluding carboxylic acids is 2. The molecule has 7 heteroatoms. The average molecular weight is 356 g/mol. The molecule has 1 aliphatic rings. The molecule has 0 bridgehead atoms. The zero-order valence-corrected chi connectivity index (χ0v) is 15.0. The Labute approximate surface area is 153 Å². The number of nitrogens with one attached hydrogen (secondary N) is 1. The molecule has 1 saturated heterocycles. The highest BCUT2D eigenvalue weighted by molar-refractivity contribution is 5.97. The first kappa shape index (κ1) is 18.1. The number of nitrogens with zero attached hydrogens (tertiary/aromatic N) is 3. The Morgan fingerprint density at radius 1 is 1.15 bits per heavy atom. The second-order valence-electron chi connectivity index (χ2n) is 6.13. The first-order chi connectivity index (χ1) is 12.7. The molecule has 7 nitrogen and oxygen atoms in total. The molecule has 1 aliphatic heterocycles. The summed E-state index contributed by atoms with van der Waals surface area (Å²) >= 11 is 0. The van der Waals surface area contributed by atoms with E-state index in [2.05, 4.69) is 17.2 Å². The van der Waals surface area contributed by atoms with E-state index in [1.54, 1.807) is 35.4 Å². The summed E-state index contributed by atoms with van der Waals surface area (Å²) in [6.07, 6.45) is 4.54. The highest BCUT2D eigenvalue weighted by Crippen LogP contribution is 2.09. The van der Waals surface area contributed by atoms with Crippen molar-refractivity contribution in [3.63, 3.8) is 0 Å². The van der Waals surface area contributed by atoms with E-state index in [0.717, 1.165) is 12.2 Å². The smallest absolute Gasteiger partial charge is 0.254 e. The molecule has 1 aromatic carbocycles. The molecule has 0 atom stereocenters. The zero-order valence-electron chi connectivity index (χ0n) is 15.0. The molecule has 2 aromatic rings. The van der Waals surface area contributed by atoms with Crippen molar-refractivity contribution in [2.45, 2.75) is 19.9 Å². The molecule has 1 N–H and O–H groups in total. The van der Waals surface area contributed by atoms with Gasteiger partial charge < -0.3 is 19.5 Å². The Balaban J connectivity index is 1.52. The number of ether oxygens (including phenoxy) is 1. The SMILES string of the molecule is CCc1nccn1CCNC(=O)c1ccc(C(=O)N2CCOCC2)cc1. The van der Waals surface area contributed by atoms with Crippen molar-refractivity contribution in [1.82, 2.24) is 19.8 Å². The molecule has 0 spiro atoms. The Bertz CT molecular complexity index is 748. The van der Waals surface area contributed by atoms with Gasteiger partial charge in [-0.3, -0.25) is 9.59 Å². The lowest BCUT2D eigenvalue weighted by Crippen LogP contribution is -2.40. The molecule has 0 radical (unpaired) electrons. The van der Waals surface area contributed by atoms with Gasteiger partial charge in [-0.1, -0.05) is 6.92 Å². The molecule has 26 heavy (non-hydrogen) atoms. The zero-order chi connectivity index (χ0) is 18.4. The van der Waals surface area contributed by atoms with Gasteiger partial charge in [-0.2, -0.15) is 0 Å². The largest absolute Gasteiger partial charge is 0.378 e. The van der Waals surface area contributed by atoms with E-state index in [-0.39, 0.29) is 11.8 Å². The summed E-state index contributed by atoms with van der Waals surface area (Å²) in [6.45, 7) is 5.62.